The highest BCUT2D eigenvalue weighted by Crippen LogP contribution is 2.36. The van der Waals surface area contributed by atoms with E-state index in [4.69, 9.17) is 5.84 Å². The number of anilines is 1. The van der Waals surface area contributed by atoms with Crippen LogP contribution in [0.15, 0.2) is 6.07 Å². The molecule has 2 rings (SSSR count). The molecule has 0 saturated carbocycles. The van der Waals surface area contributed by atoms with Gasteiger partial charge in [-0.25, -0.2) is 5.84 Å². The van der Waals surface area contributed by atoms with E-state index in [1.54, 1.807) is 0 Å². The van der Waals surface area contributed by atoms with Crippen molar-refractivity contribution in [3.8, 4) is 0 Å². The van der Waals surface area contributed by atoms with Crippen molar-refractivity contribution < 1.29 is 0 Å². The first-order valence-corrected chi connectivity index (χ1v) is 4.47. The number of fused-ring (bicyclic) bond motifs is 1. The maximum absolute atomic E-state index is 5.26. The molecule has 1 aliphatic carbocycles. The molecule has 0 amide bonds. The molecule has 3 N–H and O–H groups in total. The number of hydrogen-bond donors (Lipinski definition) is 2. The topological polar surface area (TPSA) is 63.8 Å². The SMILES string of the molecule is CC1(C)CCc2cc(NN)nnc21. The maximum atomic E-state index is 5.26. The van der Waals surface area contributed by atoms with Gasteiger partial charge in [-0.05, 0) is 24.5 Å². The van der Waals surface area contributed by atoms with Crippen LogP contribution in [0.1, 0.15) is 31.5 Å². The largest absolute Gasteiger partial charge is 0.307 e. The summed E-state index contributed by atoms with van der Waals surface area (Å²) in [6, 6.07) is 1.98. The van der Waals surface area contributed by atoms with Crippen LogP contribution in [0.2, 0.25) is 0 Å². The Morgan fingerprint density at radius 1 is 1.46 bits per heavy atom. The molecule has 0 aromatic carbocycles. The number of nitrogens with zero attached hydrogens (tertiary/aromatic N) is 2. The number of nitrogen functional groups attached to an aromatic ring is 1. The van der Waals surface area contributed by atoms with E-state index in [2.05, 4.69) is 29.5 Å². The van der Waals surface area contributed by atoms with Crippen molar-refractivity contribution >= 4 is 5.82 Å². The summed E-state index contributed by atoms with van der Waals surface area (Å²) in [5.41, 5.74) is 5.07. The van der Waals surface area contributed by atoms with Crippen LogP contribution in [0.4, 0.5) is 5.82 Å². The van der Waals surface area contributed by atoms with Gasteiger partial charge in [0.1, 0.15) is 0 Å². The minimum atomic E-state index is 0.176. The fourth-order valence-corrected chi connectivity index (χ4v) is 1.83. The van der Waals surface area contributed by atoms with Crippen LogP contribution in [-0.2, 0) is 11.8 Å². The molecule has 4 nitrogen and oxygen atoms in total. The summed E-state index contributed by atoms with van der Waals surface area (Å²) in [6.45, 7) is 4.39. The molecular weight excluding hydrogens is 164 g/mol. The van der Waals surface area contributed by atoms with Crippen LogP contribution in [0.3, 0.4) is 0 Å². The Hall–Kier alpha value is -1.16. The Bertz CT molecular complexity index is 332. The minimum absolute atomic E-state index is 0.176. The highest BCUT2D eigenvalue weighted by Gasteiger charge is 2.31. The summed E-state index contributed by atoms with van der Waals surface area (Å²) >= 11 is 0. The third kappa shape index (κ3) is 1.27. The average Bonchev–Trinajstić information content (AvgIpc) is 2.42. The molecule has 0 aliphatic heterocycles. The molecule has 0 radical (unpaired) electrons. The number of aromatic nitrogens is 2. The molecule has 0 spiro atoms. The highest BCUT2D eigenvalue weighted by atomic mass is 15.3. The molecule has 1 heterocycles. The van der Waals surface area contributed by atoms with E-state index in [9.17, 15) is 0 Å². The second-order valence-corrected chi connectivity index (χ2v) is 4.13. The molecule has 0 atom stereocenters. The van der Waals surface area contributed by atoms with Crippen LogP contribution < -0.4 is 11.3 Å². The van der Waals surface area contributed by atoms with E-state index in [1.807, 2.05) is 6.07 Å². The van der Waals surface area contributed by atoms with Gasteiger partial charge in [-0.1, -0.05) is 13.8 Å². The number of nitrogens with one attached hydrogen (secondary N) is 1. The smallest absolute Gasteiger partial charge is 0.162 e. The van der Waals surface area contributed by atoms with Crippen molar-refractivity contribution in [3.05, 3.63) is 17.3 Å². The van der Waals surface area contributed by atoms with E-state index in [0.717, 1.165) is 18.5 Å². The standard InChI is InChI=1S/C9H14N4/c1-9(2)4-3-6-5-7(11-10)12-13-8(6)9/h5H,3-4,10H2,1-2H3,(H,11,12). The lowest BCUT2D eigenvalue weighted by Crippen LogP contribution is -2.16. The molecule has 1 aliphatic rings. The Morgan fingerprint density at radius 3 is 2.92 bits per heavy atom. The van der Waals surface area contributed by atoms with Gasteiger partial charge in [0, 0.05) is 5.41 Å². The summed E-state index contributed by atoms with van der Waals surface area (Å²) in [5, 5.41) is 8.17. The van der Waals surface area contributed by atoms with Gasteiger partial charge in [-0.3, -0.25) is 0 Å². The van der Waals surface area contributed by atoms with Crippen LogP contribution in [0, 0.1) is 0 Å². The summed E-state index contributed by atoms with van der Waals surface area (Å²) in [4.78, 5) is 0. The van der Waals surface area contributed by atoms with Gasteiger partial charge in [0.2, 0.25) is 0 Å². The molecule has 70 valence electrons. The fraction of sp³-hybridized carbons (Fsp3) is 0.556. The zero-order chi connectivity index (χ0) is 9.47. The lowest BCUT2D eigenvalue weighted by molar-refractivity contribution is 0.504. The van der Waals surface area contributed by atoms with Crippen LogP contribution >= 0.6 is 0 Å². The maximum Gasteiger partial charge on any atom is 0.162 e. The van der Waals surface area contributed by atoms with E-state index < -0.39 is 0 Å². The Kier molecular flexibility index (Phi) is 1.73. The quantitative estimate of drug-likeness (QED) is 0.497. The summed E-state index contributed by atoms with van der Waals surface area (Å²) in [5.74, 6) is 5.91. The third-order valence-electron chi connectivity index (χ3n) is 2.68. The van der Waals surface area contributed by atoms with Gasteiger partial charge >= 0.3 is 0 Å². The van der Waals surface area contributed by atoms with Gasteiger partial charge in [0.15, 0.2) is 5.82 Å². The molecule has 0 fully saturated rings. The second kappa shape index (κ2) is 2.67. The predicted molar refractivity (Wildman–Crippen MR) is 51.2 cm³/mol. The molecule has 1 aromatic rings. The summed E-state index contributed by atoms with van der Waals surface area (Å²) < 4.78 is 0. The van der Waals surface area contributed by atoms with Gasteiger partial charge in [0.25, 0.3) is 0 Å². The van der Waals surface area contributed by atoms with Crippen LogP contribution in [0.5, 0.6) is 0 Å². The van der Waals surface area contributed by atoms with Crippen molar-refractivity contribution in [2.45, 2.75) is 32.1 Å². The first kappa shape index (κ1) is 8.44. The Balaban J connectivity index is 2.46. The Morgan fingerprint density at radius 2 is 2.23 bits per heavy atom. The molecular formula is C9H14N4. The first-order chi connectivity index (χ1) is 6.13. The first-order valence-electron chi connectivity index (χ1n) is 4.47. The fourth-order valence-electron chi connectivity index (χ4n) is 1.83. The number of nitrogens with two attached hydrogens (primary N) is 1. The second-order valence-electron chi connectivity index (χ2n) is 4.13. The molecule has 0 bridgehead atoms. The lowest BCUT2D eigenvalue weighted by Gasteiger charge is -2.16. The highest BCUT2D eigenvalue weighted by molar-refractivity contribution is 5.41. The minimum Gasteiger partial charge on any atom is -0.307 e. The van der Waals surface area contributed by atoms with Crippen molar-refractivity contribution in [1.29, 1.82) is 0 Å². The number of rotatable bonds is 1. The van der Waals surface area contributed by atoms with E-state index in [-0.39, 0.29) is 5.41 Å². The molecule has 13 heavy (non-hydrogen) atoms. The van der Waals surface area contributed by atoms with E-state index in [0.29, 0.717) is 5.82 Å². The predicted octanol–water partition coefficient (Wildman–Crippen LogP) is 0.986. The molecule has 0 saturated heterocycles. The molecule has 0 unspecified atom stereocenters. The van der Waals surface area contributed by atoms with Crippen molar-refractivity contribution in [2.24, 2.45) is 5.84 Å². The van der Waals surface area contributed by atoms with Gasteiger partial charge in [-0.15, -0.1) is 5.10 Å². The summed E-state index contributed by atoms with van der Waals surface area (Å²) in [7, 11) is 0. The van der Waals surface area contributed by atoms with E-state index >= 15 is 0 Å². The monoisotopic (exact) mass is 178 g/mol. The number of aryl methyl sites for hydroxylation is 1. The van der Waals surface area contributed by atoms with Gasteiger partial charge in [0.05, 0.1) is 5.69 Å². The van der Waals surface area contributed by atoms with Gasteiger partial charge in [-0.2, -0.15) is 5.10 Å². The van der Waals surface area contributed by atoms with Crippen molar-refractivity contribution in [2.75, 3.05) is 5.43 Å². The summed E-state index contributed by atoms with van der Waals surface area (Å²) in [6.07, 6.45) is 2.22. The lowest BCUT2D eigenvalue weighted by atomic mass is 9.91. The zero-order valence-corrected chi connectivity index (χ0v) is 7.96. The van der Waals surface area contributed by atoms with Crippen molar-refractivity contribution in [1.82, 2.24) is 10.2 Å². The van der Waals surface area contributed by atoms with Crippen molar-refractivity contribution in [3.63, 3.8) is 0 Å². The normalized spacial score (nSPS) is 18.4. The van der Waals surface area contributed by atoms with Gasteiger partial charge < -0.3 is 5.43 Å². The zero-order valence-electron chi connectivity index (χ0n) is 7.96. The molecule has 4 heteroatoms. The van der Waals surface area contributed by atoms with Crippen LogP contribution in [-0.4, -0.2) is 10.2 Å². The Labute approximate surface area is 77.5 Å². The average molecular weight is 178 g/mol. The molecule has 1 aromatic heterocycles. The number of hydrogen-bond acceptors (Lipinski definition) is 4. The van der Waals surface area contributed by atoms with E-state index in [1.165, 1.54) is 5.56 Å². The van der Waals surface area contributed by atoms with Crippen LogP contribution in [0.25, 0.3) is 0 Å². The third-order valence-corrected chi connectivity index (χ3v) is 2.68. The number of hydrazine groups is 1.